The Morgan fingerprint density at radius 1 is 1.13 bits per heavy atom. The van der Waals surface area contributed by atoms with Crippen molar-refractivity contribution in [1.82, 2.24) is 19.7 Å². The van der Waals surface area contributed by atoms with Gasteiger partial charge in [0, 0.05) is 48.5 Å². The van der Waals surface area contributed by atoms with Crippen molar-refractivity contribution < 1.29 is 18.7 Å². The lowest BCUT2D eigenvalue weighted by atomic mass is 10.0. The van der Waals surface area contributed by atoms with Crippen molar-refractivity contribution >= 4 is 17.5 Å². The number of hydrogen-bond donors (Lipinski definition) is 1. The third kappa shape index (κ3) is 4.90. The Labute approximate surface area is 219 Å². The van der Waals surface area contributed by atoms with Crippen LogP contribution in [0.25, 0.3) is 22.4 Å². The zero-order valence-electron chi connectivity index (χ0n) is 20.8. The highest BCUT2D eigenvalue weighted by Crippen LogP contribution is 2.34. The van der Waals surface area contributed by atoms with Gasteiger partial charge in [-0.25, -0.2) is 4.39 Å². The summed E-state index contributed by atoms with van der Waals surface area (Å²) in [6, 6.07) is 15.5. The summed E-state index contributed by atoms with van der Waals surface area (Å²) in [7, 11) is 1.35. The van der Waals surface area contributed by atoms with E-state index in [-0.39, 0.29) is 23.3 Å². The maximum Gasteiger partial charge on any atom is 0.258 e. The SMILES string of the molecule is C=CC(=O)N1CC[C@H](n2cc(-c3ccncc3)c(-c3cccc(NC(=O)c4cccc(OC)c4F)c3)n2)C1. The number of methoxy groups -OCH3 is 1. The Morgan fingerprint density at radius 2 is 1.92 bits per heavy atom. The number of amides is 2. The monoisotopic (exact) mass is 511 g/mol. The molecule has 1 saturated heterocycles. The van der Waals surface area contributed by atoms with E-state index in [1.807, 2.05) is 35.1 Å². The maximum absolute atomic E-state index is 14.6. The summed E-state index contributed by atoms with van der Waals surface area (Å²) in [5, 5.41) is 7.69. The van der Waals surface area contributed by atoms with Crippen LogP contribution in [0.15, 0.2) is 85.8 Å². The predicted molar refractivity (Wildman–Crippen MR) is 142 cm³/mol. The summed E-state index contributed by atoms with van der Waals surface area (Å²) in [5.74, 6) is -1.40. The van der Waals surface area contributed by atoms with Crippen LogP contribution < -0.4 is 10.1 Å². The molecule has 0 unspecified atom stereocenters. The third-order valence-corrected chi connectivity index (χ3v) is 6.57. The molecule has 1 atom stereocenters. The van der Waals surface area contributed by atoms with Crippen LogP contribution in [0.5, 0.6) is 5.75 Å². The molecule has 2 amide bonds. The van der Waals surface area contributed by atoms with Crippen molar-refractivity contribution in [3.63, 3.8) is 0 Å². The first kappa shape index (κ1) is 24.9. The highest BCUT2D eigenvalue weighted by Gasteiger charge is 2.28. The molecule has 0 bridgehead atoms. The largest absolute Gasteiger partial charge is 0.494 e. The first-order valence-corrected chi connectivity index (χ1v) is 12.1. The molecule has 0 saturated carbocycles. The van der Waals surface area contributed by atoms with Crippen LogP contribution in [-0.4, -0.2) is 51.7 Å². The van der Waals surface area contributed by atoms with Gasteiger partial charge in [0.05, 0.1) is 18.7 Å². The lowest BCUT2D eigenvalue weighted by Gasteiger charge is -2.14. The van der Waals surface area contributed by atoms with Gasteiger partial charge in [-0.1, -0.05) is 24.8 Å². The average molecular weight is 512 g/mol. The molecule has 1 N–H and O–H groups in total. The normalized spacial score (nSPS) is 14.8. The summed E-state index contributed by atoms with van der Waals surface area (Å²) in [4.78, 5) is 30.8. The van der Waals surface area contributed by atoms with Crippen molar-refractivity contribution in [2.45, 2.75) is 12.5 Å². The number of rotatable bonds is 7. The number of hydrogen-bond acceptors (Lipinski definition) is 5. The zero-order valence-corrected chi connectivity index (χ0v) is 20.8. The molecule has 192 valence electrons. The summed E-state index contributed by atoms with van der Waals surface area (Å²) in [5.41, 5.74) is 3.70. The molecule has 1 fully saturated rings. The van der Waals surface area contributed by atoms with Crippen molar-refractivity contribution in [2.75, 3.05) is 25.5 Å². The number of ether oxygens (including phenoxy) is 1. The number of nitrogens with one attached hydrogen (secondary N) is 1. The lowest BCUT2D eigenvalue weighted by molar-refractivity contribution is -0.125. The summed E-state index contributed by atoms with van der Waals surface area (Å²) in [6.07, 6.45) is 7.52. The lowest BCUT2D eigenvalue weighted by Crippen LogP contribution is -2.27. The number of pyridine rings is 1. The molecular formula is C29H26FN5O3. The Kier molecular flexibility index (Phi) is 6.99. The number of likely N-dealkylation sites (tertiary alicyclic amines) is 1. The van der Waals surface area contributed by atoms with E-state index < -0.39 is 11.7 Å². The van der Waals surface area contributed by atoms with E-state index in [2.05, 4.69) is 16.9 Å². The minimum Gasteiger partial charge on any atom is -0.494 e. The average Bonchev–Trinajstić information content (AvgIpc) is 3.61. The van der Waals surface area contributed by atoms with Crippen LogP contribution in [0.1, 0.15) is 22.8 Å². The van der Waals surface area contributed by atoms with E-state index >= 15 is 0 Å². The zero-order chi connectivity index (χ0) is 26.6. The van der Waals surface area contributed by atoms with Crippen LogP contribution in [0.2, 0.25) is 0 Å². The molecule has 1 aliphatic rings. The fourth-order valence-corrected chi connectivity index (χ4v) is 4.61. The number of carbonyl (C=O) groups is 2. The molecule has 3 heterocycles. The summed E-state index contributed by atoms with van der Waals surface area (Å²) >= 11 is 0. The van der Waals surface area contributed by atoms with Crippen LogP contribution in [0, 0.1) is 5.82 Å². The van der Waals surface area contributed by atoms with E-state index in [1.165, 1.54) is 25.3 Å². The van der Waals surface area contributed by atoms with Gasteiger partial charge in [0.2, 0.25) is 5.91 Å². The van der Waals surface area contributed by atoms with Gasteiger partial charge in [-0.15, -0.1) is 0 Å². The van der Waals surface area contributed by atoms with Gasteiger partial charge >= 0.3 is 0 Å². The van der Waals surface area contributed by atoms with Gasteiger partial charge in [-0.3, -0.25) is 19.3 Å². The van der Waals surface area contributed by atoms with Gasteiger partial charge in [0.1, 0.15) is 5.69 Å². The fraction of sp³-hybridized carbons (Fsp3) is 0.172. The van der Waals surface area contributed by atoms with E-state index in [0.717, 1.165) is 23.1 Å². The number of benzene rings is 2. The van der Waals surface area contributed by atoms with Gasteiger partial charge < -0.3 is 15.0 Å². The molecule has 0 radical (unpaired) electrons. The van der Waals surface area contributed by atoms with Gasteiger partial charge in [0.25, 0.3) is 5.91 Å². The Bertz CT molecular complexity index is 1500. The second kappa shape index (κ2) is 10.7. The first-order chi connectivity index (χ1) is 18.5. The number of carbonyl (C=O) groups excluding carboxylic acids is 2. The molecule has 8 nitrogen and oxygen atoms in total. The molecule has 2 aromatic heterocycles. The second-order valence-electron chi connectivity index (χ2n) is 8.89. The Hall–Kier alpha value is -4.79. The molecule has 0 spiro atoms. The highest BCUT2D eigenvalue weighted by molar-refractivity contribution is 6.05. The van der Waals surface area contributed by atoms with E-state index in [4.69, 9.17) is 9.84 Å². The maximum atomic E-state index is 14.6. The molecular weight excluding hydrogens is 485 g/mol. The van der Waals surface area contributed by atoms with Crippen LogP contribution in [0.3, 0.4) is 0 Å². The number of nitrogens with zero attached hydrogens (tertiary/aromatic N) is 4. The summed E-state index contributed by atoms with van der Waals surface area (Å²) < 4.78 is 21.5. The van der Waals surface area contributed by atoms with Crippen molar-refractivity contribution in [3.8, 4) is 28.1 Å². The first-order valence-electron chi connectivity index (χ1n) is 12.1. The van der Waals surface area contributed by atoms with Crippen molar-refractivity contribution in [3.05, 3.63) is 97.2 Å². The van der Waals surface area contributed by atoms with Crippen molar-refractivity contribution in [2.24, 2.45) is 0 Å². The molecule has 38 heavy (non-hydrogen) atoms. The van der Waals surface area contributed by atoms with Crippen molar-refractivity contribution in [1.29, 1.82) is 0 Å². The van der Waals surface area contributed by atoms with Gasteiger partial charge in [-0.2, -0.15) is 5.10 Å². The van der Waals surface area contributed by atoms with E-state index in [1.54, 1.807) is 35.5 Å². The number of anilines is 1. The highest BCUT2D eigenvalue weighted by atomic mass is 19.1. The van der Waals surface area contributed by atoms with Crippen LogP contribution in [-0.2, 0) is 4.79 Å². The molecule has 1 aliphatic heterocycles. The standard InChI is InChI=1S/C29H26FN5O3/c1-3-26(36)34-15-12-22(17-34)35-18-24(19-10-13-31-14-11-19)28(33-35)20-6-4-7-21(16-20)32-29(37)23-8-5-9-25(38-2)27(23)30/h3-11,13-14,16,18,22H,1,12,15,17H2,2H3,(H,32,37)/t22-/m0/s1. The number of halogens is 1. The fourth-order valence-electron chi connectivity index (χ4n) is 4.61. The van der Waals surface area contributed by atoms with Gasteiger partial charge in [0.15, 0.2) is 11.6 Å². The topological polar surface area (TPSA) is 89.4 Å². The Balaban J connectivity index is 1.47. The molecule has 0 aliphatic carbocycles. The minimum absolute atomic E-state index is 0.000739. The smallest absolute Gasteiger partial charge is 0.258 e. The second-order valence-corrected chi connectivity index (χ2v) is 8.89. The molecule has 4 aromatic rings. The number of aromatic nitrogens is 3. The Morgan fingerprint density at radius 3 is 2.68 bits per heavy atom. The van der Waals surface area contributed by atoms with Crippen LogP contribution in [0.4, 0.5) is 10.1 Å². The summed E-state index contributed by atoms with van der Waals surface area (Å²) in [6.45, 7) is 4.77. The van der Waals surface area contributed by atoms with E-state index in [9.17, 15) is 14.0 Å². The van der Waals surface area contributed by atoms with E-state index in [0.29, 0.717) is 24.5 Å². The predicted octanol–water partition coefficient (Wildman–Crippen LogP) is 4.97. The quantitative estimate of drug-likeness (QED) is 0.354. The third-order valence-electron chi connectivity index (χ3n) is 6.57. The minimum atomic E-state index is -0.720. The molecule has 2 aromatic carbocycles. The molecule has 5 rings (SSSR count). The molecule has 9 heteroatoms. The van der Waals surface area contributed by atoms with Gasteiger partial charge in [-0.05, 0) is 54.5 Å². The van der Waals surface area contributed by atoms with Crippen LogP contribution >= 0.6 is 0 Å².